The quantitative estimate of drug-likeness (QED) is 0.542. The lowest BCUT2D eigenvalue weighted by Crippen LogP contribution is -2.31. The molecule has 0 aliphatic carbocycles. The lowest BCUT2D eigenvalue weighted by Gasteiger charge is -2.09. The Morgan fingerprint density at radius 1 is 1.07 bits per heavy atom. The zero-order valence-electron chi connectivity index (χ0n) is 16.2. The molecule has 1 aromatic heterocycles. The molecule has 0 fully saturated rings. The molecule has 0 bridgehead atoms. The number of thiazole rings is 1. The average molecular weight is 410 g/mol. The van der Waals surface area contributed by atoms with Crippen molar-refractivity contribution in [2.75, 3.05) is 24.3 Å². The van der Waals surface area contributed by atoms with Crippen LogP contribution in [-0.2, 0) is 4.79 Å². The summed E-state index contributed by atoms with van der Waals surface area (Å²) < 4.78 is 5.07. The summed E-state index contributed by atoms with van der Waals surface area (Å²) in [4.78, 5) is 28.5. The first kappa shape index (κ1) is 20.3. The normalized spacial score (nSPS) is 10.3. The number of hydrogen-bond acceptors (Lipinski definition) is 5. The van der Waals surface area contributed by atoms with Crippen LogP contribution >= 0.6 is 11.3 Å². The highest BCUT2D eigenvalue weighted by atomic mass is 32.1. The van der Waals surface area contributed by atoms with Crippen LogP contribution in [0.25, 0.3) is 11.3 Å². The molecule has 3 N–H and O–H groups in total. The Morgan fingerprint density at radius 2 is 1.86 bits per heavy atom. The van der Waals surface area contributed by atoms with Gasteiger partial charge in [-0.1, -0.05) is 12.1 Å². The van der Waals surface area contributed by atoms with E-state index in [1.807, 2.05) is 36.6 Å². The van der Waals surface area contributed by atoms with Crippen LogP contribution in [0.1, 0.15) is 11.4 Å². The summed E-state index contributed by atoms with van der Waals surface area (Å²) in [7, 11) is 1.58. The summed E-state index contributed by atoms with van der Waals surface area (Å²) in [6, 6.07) is 14.2. The second-order valence-corrected chi connectivity index (χ2v) is 7.30. The number of hydrogen-bond donors (Lipinski definition) is 3. The van der Waals surface area contributed by atoms with Gasteiger partial charge in [0, 0.05) is 35.3 Å². The average Bonchev–Trinajstić information content (AvgIpc) is 3.15. The fourth-order valence-electron chi connectivity index (χ4n) is 2.61. The van der Waals surface area contributed by atoms with Crippen LogP contribution in [0.4, 0.5) is 16.2 Å². The number of aromatic nitrogens is 1. The van der Waals surface area contributed by atoms with E-state index >= 15 is 0 Å². The predicted octanol–water partition coefficient (Wildman–Crippen LogP) is 4.28. The van der Waals surface area contributed by atoms with Crippen molar-refractivity contribution in [1.82, 2.24) is 10.3 Å². The molecule has 2 aromatic carbocycles. The zero-order valence-corrected chi connectivity index (χ0v) is 17.0. The Morgan fingerprint density at radius 3 is 2.55 bits per heavy atom. The Kier molecular flexibility index (Phi) is 6.80. The van der Waals surface area contributed by atoms with Gasteiger partial charge in [-0.15, -0.1) is 11.3 Å². The summed E-state index contributed by atoms with van der Waals surface area (Å²) in [5.41, 5.74) is 3.17. The number of aryl methyl sites for hydroxylation is 1. The van der Waals surface area contributed by atoms with Gasteiger partial charge < -0.3 is 20.7 Å². The number of carbonyl (C=O) groups is 2. The van der Waals surface area contributed by atoms with Crippen molar-refractivity contribution in [3.05, 3.63) is 58.9 Å². The van der Waals surface area contributed by atoms with Gasteiger partial charge in [0.1, 0.15) is 5.75 Å². The van der Waals surface area contributed by atoms with Gasteiger partial charge in [-0.25, -0.2) is 9.78 Å². The molecule has 7 nitrogen and oxygen atoms in total. The molecule has 0 aliphatic heterocycles. The monoisotopic (exact) mass is 410 g/mol. The summed E-state index contributed by atoms with van der Waals surface area (Å²) in [5, 5.41) is 11.2. The SMILES string of the molecule is COc1ccc(NC(=O)NCCC(=O)Nc2cccc(-c3csc(C)n3)c2)cc1. The van der Waals surface area contributed by atoms with Gasteiger partial charge in [0.15, 0.2) is 0 Å². The van der Waals surface area contributed by atoms with E-state index in [-0.39, 0.29) is 24.9 Å². The molecule has 0 saturated heterocycles. The van der Waals surface area contributed by atoms with E-state index in [4.69, 9.17) is 4.74 Å². The molecule has 150 valence electrons. The topological polar surface area (TPSA) is 92.4 Å². The molecular formula is C21H22N4O3S. The van der Waals surface area contributed by atoms with E-state index in [0.29, 0.717) is 17.1 Å². The van der Waals surface area contributed by atoms with E-state index in [9.17, 15) is 9.59 Å². The van der Waals surface area contributed by atoms with Crippen LogP contribution in [0.5, 0.6) is 5.75 Å². The van der Waals surface area contributed by atoms with Gasteiger partial charge in [-0.05, 0) is 43.3 Å². The minimum Gasteiger partial charge on any atom is -0.497 e. The molecule has 0 radical (unpaired) electrons. The molecule has 0 aliphatic rings. The van der Waals surface area contributed by atoms with Gasteiger partial charge in [-0.2, -0.15) is 0 Å². The standard InChI is InChI=1S/C21H22N4O3S/c1-14-23-19(13-29-14)15-4-3-5-17(12-15)24-20(26)10-11-22-21(27)25-16-6-8-18(28-2)9-7-16/h3-9,12-13H,10-11H2,1-2H3,(H,24,26)(H2,22,25,27). The van der Waals surface area contributed by atoms with E-state index in [2.05, 4.69) is 20.9 Å². The first-order valence-corrected chi connectivity index (χ1v) is 9.93. The Labute approximate surface area is 173 Å². The number of carbonyl (C=O) groups excluding carboxylic acids is 2. The lowest BCUT2D eigenvalue weighted by molar-refractivity contribution is -0.116. The highest BCUT2D eigenvalue weighted by molar-refractivity contribution is 7.09. The van der Waals surface area contributed by atoms with Crippen LogP contribution in [0, 0.1) is 6.92 Å². The molecule has 0 unspecified atom stereocenters. The maximum absolute atomic E-state index is 12.2. The number of rotatable bonds is 7. The van der Waals surface area contributed by atoms with Crippen molar-refractivity contribution in [1.29, 1.82) is 0 Å². The van der Waals surface area contributed by atoms with Gasteiger partial charge in [0.05, 0.1) is 17.8 Å². The Balaban J connectivity index is 1.44. The smallest absolute Gasteiger partial charge is 0.319 e. The molecule has 1 heterocycles. The second kappa shape index (κ2) is 9.70. The minimum absolute atomic E-state index is 0.163. The third kappa shape index (κ3) is 6.05. The number of methoxy groups -OCH3 is 1. The van der Waals surface area contributed by atoms with E-state index in [1.165, 1.54) is 0 Å². The number of nitrogens with one attached hydrogen (secondary N) is 3. The molecule has 0 spiro atoms. The van der Waals surface area contributed by atoms with E-state index in [1.54, 1.807) is 42.7 Å². The van der Waals surface area contributed by atoms with Crippen molar-refractivity contribution in [2.24, 2.45) is 0 Å². The summed E-state index contributed by atoms with van der Waals surface area (Å²) in [5.74, 6) is 0.531. The van der Waals surface area contributed by atoms with Crippen molar-refractivity contribution in [3.8, 4) is 17.0 Å². The van der Waals surface area contributed by atoms with Gasteiger partial charge >= 0.3 is 6.03 Å². The number of amides is 3. The molecule has 29 heavy (non-hydrogen) atoms. The van der Waals surface area contributed by atoms with Crippen LogP contribution in [0.15, 0.2) is 53.9 Å². The van der Waals surface area contributed by atoms with Crippen molar-refractivity contribution < 1.29 is 14.3 Å². The number of anilines is 2. The molecular weight excluding hydrogens is 388 g/mol. The van der Waals surface area contributed by atoms with Gasteiger partial charge in [0.25, 0.3) is 0 Å². The summed E-state index contributed by atoms with van der Waals surface area (Å²) in [6.45, 7) is 2.18. The Bertz CT molecular complexity index is 986. The minimum atomic E-state index is -0.371. The fourth-order valence-corrected chi connectivity index (χ4v) is 3.24. The predicted molar refractivity (Wildman–Crippen MR) is 116 cm³/mol. The molecule has 3 rings (SSSR count). The van der Waals surface area contributed by atoms with Crippen LogP contribution in [0.2, 0.25) is 0 Å². The second-order valence-electron chi connectivity index (χ2n) is 6.24. The molecule has 3 aromatic rings. The summed E-state index contributed by atoms with van der Waals surface area (Å²) in [6.07, 6.45) is 0.163. The number of nitrogens with zero attached hydrogens (tertiary/aromatic N) is 1. The molecule has 0 saturated carbocycles. The van der Waals surface area contributed by atoms with Gasteiger partial charge in [0.2, 0.25) is 5.91 Å². The molecule has 3 amide bonds. The maximum Gasteiger partial charge on any atom is 0.319 e. The molecule has 0 atom stereocenters. The highest BCUT2D eigenvalue weighted by Crippen LogP contribution is 2.24. The first-order valence-electron chi connectivity index (χ1n) is 9.05. The van der Waals surface area contributed by atoms with Gasteiger partial charge in [-0.3, -0.25) is 4.79 Å². The lowest BCUT2D eigenvalue weighted by atomic mass is 10.1. The fraction of sp³-hybridized carbons (Fsp3) is 0.190. The number of urea groups is 1. The maximum atomic E-state index is 12.2. The third-order valence-electron chi connectivity index (χ3n) is 4.05. The first-order chi connectivity index (χ1) is 14.0. The number of ether oxygens (including phenoxy) is 1. The third-order valence-corrected chi connectivity index (χ3v) is 4.82. The van der Waals surface area contributed by atoms with Crippen LogP contribution in [-0.4, -0.2) is 30.6 Å². The largest absolute Gasteiger partial charge is 0.497 e. The van der Waals surface area contributed by atoms with Crippen molar-refractivity contribution in [3.63, 3.8) is 0 Å². The zero-order chi connectivity index (χ0) is 20.6. The summed E-state index contributed by atoms with van der Waals surface area (Å²) >= 11 is 1.58. The highest BCUT2D eigenvalue weighted by Gasteiger charge is 2.07. The van der Waals surface area contributed by atoms with Crippen LogP contribution in [0.3, 0.4) is 0 Å². The van der Waals surface area contributed by atoms with Crippen molar-refractivity contribution >= 4 is 34.6 Å². The van der Waals surface area contributed by atoms with E-state index in [0.717, 1.165) is 16.3 Å². The van der Waals surface area contributed by atoms with Crippen molar-refractivity contribution in [2.45, 2.75) is 13.3 Å². The number of benzene rings is 2. The van der Waals surface area contributed by atoms with Crippen LogP contribution < -0.4 is 20.7 Å². The Hall–Kier alpha value is -3.39. The van der Waals surface area contributed by atoms with E-state index < -0.39 is 0 Å². The molecule has 8 heteroatoms.